The summed E-state index contributed by atoms with van der Waals surface area (Å²) in [5.74, 6) is 0.425. The quantitative estimate of drug-likeness (QED) is 0.859. The van der Waals surface area contributed by atoms with E-state index in [-0.39, 0.29) is 5.91 Å². The summed E-state index contributed by atoms with van der Waals surface area (Å²) in [4.78, 5) is 11.1. The van der Waals surface area contributed by atoms with Gasteiger partial charge in [0.05, 0.1) is 24.2 Å². The Kier molecular flexibility index (Phi) is 3.32. The summed E-state index contributed by atoms with van der Waals surface area (Å²) in [7, 11) is -3.35. The van der Waals surface area contributed by atoms with Crippen molar-refractivity contribution in [3.05, 3.63) is 23.8 Å². The van der Waals surface area contributed by atoms with Crippen LogP contribution in [0.25, 0.3) is 0 Å². The number of carbonyl (C=O) groups excluding carboxylic acids is 1. The molecule has 21 heavy (non-hydrogen) atoms. The minimum absolute atomic E-state index is 0.113. The molecular formula is C13H15N3O4S. The molecule has 1 aromatic rings. The zero-order valence-electron chi connectivity index (χ0n) is 11.5. The largest absolute Gasteiger partial charge is 0.489 e. The van der Waals surface area contributed by atoms with Gasteiger partial charge in [-0.2, -0.15) is 5.10 Å². The number of benzene rings is 1. The smallest absolute Gasteiger partial charge is 0.240 e. The zero-order valence-corrected chi connectivity index (χ0v) is 12.3. The first-order valence-corrected chi connectivity index (χ1v) is 8.40. The number of nitrogens with zero attached hydrogens (tertiary/aromatic N) is 2. The van der Waals surface area contributed by atoms with Gasteiger partial charge in [-0.25, -0.2) is 13.8 Å². The van der Waals surface area contributed by atoms with Gasteiger partial charge in [0, 0.05) is 18.4 Å². The molecule has 0 aliphatic carbocycles. The van der Waals surface area contributed by atoms with E-state index in [2.05, 4.69) is 10.5 Å². The van der Waals surface area contributed by atoms with E-state index in [4.69, 9.17) is 4.74 Å². The van der Waals surface area contributed by atoms with E-state index in [1.54, 1.807) is 12.1 Å². The van der Waals surface area contributed by atoms with Crippen molar-refractivity contribution in [2.24, 2.45) is 5.10 Å². The van der Waals surface area contributed by atoms with Crippen molar-refractivity contribution >= 4 is 27.3 Å². The van der Waals surface area contributed by atoms with Gasteiger partial charge in [-0.1, -0.05) is 0 Å². The number of hydrogen-bond acceptors (Lipinski definition) is 5. The molecule has 1 N–H and O–H groups in total. The third kappa shape index (κ3) is 2.71. The minimum atomic E-state index is -3.35. The first-order valence-electron chi connectivity index (χ1n) is 6.55. The van der Waals surface area contributed by atoms with Crippen LogP contribution in [0.3, 0.4) is 0 Å². The van der Waals surface area contributed by atoms with E-state index in [1.807, 2.05) is 6.07 Å². The maximum Gasteiger partial charge on any atom is 0.240 e. The van der Waals surface area contributed by atoms with Crippen LogP contribution in [0.5, 0.6) is 5.75 Å². The van der Waals surface area contributed by atoms with Crippen molar-refractivity contribution in [3.63, 3.8) is 0 Å². The highest BCUT2D eigenvalue weighted by molar-refractivity contribution is 7.92. The summed E-state index contributed by atoms with van der Waals surface area (Å²) in [6, 6.07) is 5.30. The number of carbonyl (C=O) groups is 1. The molecule has 0 saturated heterocycles. The van der Waals surface area contributed by atoms with Gasteiger partial charge < -0.3 is 4.74 Å². The summed E-state index contributed by atoms with van der Waals surface area (Å²) in [6.07, 6.45) is 2.08. The fourth-order valence-corrected chi connectivity index (χ4v) is 3.31. The first-order chi connectivity index (χ1) is 9.95. The van der Waals surface area contributed by atoms with Crippen LogP contribution in [0.15, 0.2) is 23.3 Å². The Labute approximate surface area is 122 Å². The molecule has 1 amide bonds. The lowest BCUT2D eigenvalue weighted by Gasteiger charge is -2.29. The Morgan fingerprint density at radius 2 is 2.14 bits per heavy atom. The molecule has 2 heterocycles. The fourth-order valence-electron chi connectivity index (χ4n) is 2.40. The molecule has 0 radical (unpaired) electrons. The highest BCUT2D eigenvalue weighted by Gasteiger charge is 2.26. The lowest BCUT2D eigenvalue weighted by atomic mass is 10.0. The monoisotopic (exact) mass is 309 g/mol. The van der Waals surface area contributed by atoms with Gasteiger partial charge in [0.1, 0.15) is 12.4 Å². The van der Waals surface area contributed by atoms with E-state index in [1.165, 1.54) is 10.6 Å². The molecule has 0 saturated carbocycles. The Bertz CT molecular complexity index is 727. The standard InChI is InChI=1S/C13H15N3O4S/c1-21(18,19)16-6-7-20-12-4-2-9(8-11(12)16)10-3-5-13(17)15-14-10/h2,4,8H,3,5-7H2,1H3,(H,15,17). The predicted octanol–water partition coefficient (Wildman–Crippen LogP) is 0.459. The summed E-state index contributed by atoms with van der Waals surface area (Å²) in [6.45, 7) is 0.620. The van der Waals surface area contributed by atoms with Gasteiger partial charge >= 0.3 is 0 Å². The molecule has 0 unspecified atom stereocenters. The second kappa shape index (κ2) is 5.03. The van der Waals surface area contributed by atoms with E-state index >= 15 is 0 Å². The number of fused-ring (bicyclic) bond motifs is 1. The van der Waals surface area contributed by atoms with Gasteiger partial charge in [0.2, 0.25) is 15.9 Å². The summed E-state index contributed by atoms with van der Waals surface area (Å²) < 4.78 is 30.5. The Balaban J connectivity index is 2.02. The first kappa shape index (κ1) is 13.9. The van der Waals surface area contributed by atoms with Crippen LogP contribution in [0.1, 0.15) is 18.4 Å². The minimum Gasteiger partial charge on any atom is -0.489 e. The molecule has 0 spiro atoms. The van der Waals surface area contributed by atoms with Crippen LogP contribution in [-0.2, 0) is 14.8 Å². The third-order valence-corrected chi connectivity index (χ3v) is 4.60. The van der Waals surface area contributed by atoms with Crippen LogP contribution >= 0.6 is 0 Å². The van der Waals surface area contributed by atoms with E-state index in [0.29, 0.717) is 37.4 Å². The highest BCUT2D eigenvalue weighted by Crippen LogP contribution is 2.34. The van der Waals surface area contributed by atoms with Gasteiger partial charge in [0.15, 0.2) is 0 Å². The van der Waals surface area contributed by atoms with Crippen molar-refractivity contribution in [2.75, 3.05) is 23.7 Å². The zero-order chi connectivity index (χ0) is 15.0. The highest BCUT2D eigenvalue weighted by atomic mass is 32.2. The lowest BCUT2D eigenvalue weighted by Crippen LogP contribution is -2.37. The normalized spacial score (nSPS) is 18.4. The maximum atomic E-state index is 11.9. The fraction of sp³-hybridized carbons (Fsp3) is 0.385. The number of amides is 1. The molecule has 7 nitrogen and oxygen atoms in total. The van der Waals surface area contributed by atoms with Crippen molar-refractivity contribution in [1.82, 2.24) is 5.43 Å². The Morgan fingerprint density at radius 3 is 2.81 bits per heavy atom. The second-order valence-corrected chi connectivity index (χ2v) is 6.87. The van der Waals surface area contributed by atoms with Crippen LogP contribution in [0, 0.1) is 0 Å². The van der Waals surface area contributed by atoms with E-state index in [0.717, 1.165) is 11.3 Å². The van der Waals surface area contributed by atoms with Gasteiger partial charge in [-0.3, -0.25) is 9.10 Å². The number of sulfonamides is 1. The van der Waals surface area contributed by atoms with Crippen molar-refractivity contribution in [2.45, 2.75) is 12.8 Å². The average Bonchev–Trinajstić information content (AvgIpc) is 2.46. The van der Waals surface area contributed by atoms with Crippen molar-refractivity contribution < 1.29 is 17.9 Å². The number of ether oxygens (including phenoxy) is 1. The molecule has 3 rings (SSSR count). The number of anilines is 1. The molecule has 112 valence electrons. The number of hydrogen-bond donors (Lipinski definition) is 1. The van der Waals surface area contributed by atoms with Crippen LogP contribution in [0.2, 0.25) is 0 Å². The lowest BCUT2D eigenvalue weighted by molar-refractivity contribution is -0.121. The van der Waals surface area contributed by atoms with Gasteiger partial charge in [-0.15, -0.1) is 0 Å². The molecule has 0 fully saturated rings. The van der Waals surface area contributed by atoms with Crippen molar-refractivity contribution in [3.8, 4) is 5.75 Å². The average molecular weight is 309 g/mol. The molecule has 2 aliphatic rings. The molecule has 0 atom stereocenters. The summed E-state index contributed by atoms with van der Waals surface area (Å²) in [5, 5.41) is 4.03. The van der Waals surface area contributed by atoms with Crippen LogP contribution in [-0.4, -0.2) is 39.4 Å². The summed E-state index contributed by atoms with van der Waals surface area (Å²) >= 11 is 0. The number of rotatable bonds is 2. The SMILES string of the molecule is CS(=O)(=O)N1CCOc2ccc(C3=NNC(=O)CC3)cc21. The van der Waals surface area contributed by atoms with E-state index < -0.39 is 10.0 Å². The van der Waals surface area contributed by atoms with Crippen molar-refractivity contribution in [1.29, 1.82) is 0 Å². The molecule has 2 aliphatic heterocycles. The number of nitrogens with one attached hydrogen (secondary N) is 1. The predicted molar refractivity (Wildman–Crippen MR) is 78.0 cm³/mol. The Hall–Kier alpha value is -2.09. The Morgan fingerprint density at radius 1 is 1.33 bits per heavy atom. The molecular weight excluding hydrogens is 294 g/mol. The number of hydrazone groups is 1. The maximum absolute atomic E-state index is 11.9. The topological polar surface area (TPSA) is 88.1 Å². The van der Waals surface area contributed by atoms with Gasteiger partial charge in [0.25, 0.3) is 0 Å². The molecule has 8 heteroatoms. The molecule has 0 bridgehead atoms. The summed E-state index contributed by atoms with van der Waals surface area (Å²) in [5.41, 5.74) is 4.47. The second-order valence-electron chi connectivity index (χ2n) is 4.96. The van der Waals surface area contributed by atoms with E-state index in [9.17, 15) is 13.2 Å². The van der Waals surface area contributed by atoms with Crippen LogP contribution in [0.4, 0.5) is 5.69 Å². The molecule has 0 aromatic heterocycles. The molecule has 1 aromatic carbocycles. The van der Waals surface area contributed by atoms with Gasteiger partial charge in [-0.05, 0) is 18.2 Å². The third-order valence-electron chi connectivity index (χ3n) is 3.42. The van der Waals surface area contributed by atoms with Crippen LogP contribution < -0.4 is 14.5 Å².